The first-order chi connectivity index (χ1) is 6.97. The van der Waals surface area contributed by atoms with E-state index in [0.29, 0.717) is 17.6 Å². The van der Waals surface area contributed by atoms with Crippen LogP contribution in [-0.4, -0.2) is 5.78 Å². The largest absolute Gasteiger partial charge is 0.295 e. The molecule has 88 valence electrons. The van der Waals surface area contributed by atoms with Crippen molar-refractivity contribution in [2.24, 2.45) is 11.8 Å². The first kappa shape index (κ1) is 14.4. The van der Waals surface area contributed by atoms with Crippen molar-refractivity contribution in [2.45, 2.75) is 60.3 Å². The van der Waals surface area contributed by atoms with E-state index in [1.165, 1.54) is 0 Å². The van der Waals surface area contributed by atoms with E-state index in [4.69, 9.17) is 0 Å². The fourth-order valence-electron chi connectivity index (χ4n) is 1.58. The van der Waals surface area contributed by atoms with Crippen LogP contribution in [-0.2, 0) is 4.79 Å². The van der Waals surface area contributed by atoms with Crippen LogP contribution in [0.3, 0.4) is 0 Å². The van der Waals surface area contributed by atoms with Crippen LogP contribution in [0.25, 0.3) is 0 Å². The van der Waals surface area contributed by atoms with Gasteiger partial charge in [-0.15, -0.1) is 0 Å². The lowest BCUT2D eigenvalue weighted by atomic mass is 9.94. The standard InChI is InChI=1S/C14H26O/c1-6-7-13(10-12(4)5)14(15)9-8-11(2)3/h7,11-12H,6,8-10H2,1-5H3. The predicted molar refractivity (Wildman–Crippen MR) is 66.9 cm³/mol. The average molecular weight is 210 g/mol. The summed E-state index contributed by atoms with van der Waals surface area (Å²) in [6.45, 7) is 10.8. The fraction of sp³-hybridized carbons (Fsp3) is 0.786. The highest BCUT2D eigenvalue weighted by Crippen LogP contribution is 2.16. The molecule has 0 bridgehead atoms. The van der Waals surface area contributed by atoms with Crippen molar-refractivity contribution in [3.63, 3.8) is 0 Å². The first-order valence-electron chi connectivity index (χ1n) is 6.19. The lowest BCUT2D eigenvalue weighted by molar-refractivity contribution is -0.116. The van der Waals surface area contributed by atoms with Crippen molar-refractivity contribution in [3.05, 3.63) is 11.6 Å². The molecule has 0 unspecified atom stereocenters. The zero-order valence-corrected chi connectivity index (χ0v) is 11.0. The van der Waals surface area contributed by atoms with Crippen LogP contribution in [0.5, 0.6) is 0 Å². The van der Waals surface area contributed by atoms with Gasteiger partial charge >= 0.3 is 0 Å². The van der Waals surface area contributed by atoms with Crippen molar-refractivity contribution in [1.29, 1.82) is 0 Å². The van der Waals surface area contributed by atoms with Gasteiger partial charge in [-0.25, -0.2) is 0 Å². The van der Waals surface area contributed by atoms with Gasteiger partial charge in [0.2, 0.25) is 0 Å². The summed E-state index contributed by atoms with van der Waals surface area (Å²) >= 11 is 0. The van der Waals surface area contributed by atoms with Gasteiger partial charge in [-0.3, -0.25) is 4.79 Å². The van der Waals surface area contributed by atoms with E-state index >= 15 is 0 Å². The zero-order chi connectivity index (χ0) is 11.8. The summed E-state index contributed by atoms with van der Waals surface area (Å²) in [6, 6.07) is 0. The third-order valence-corrected chi connectivity index (χ3v) is 2.39. The Morgan fingerprint density at radius 3 is 2.13 bits per heavy atom. The number of hydrogen-bond donors (Lipinski definition) is 0. The number of carbonyl (C=O) groups is 1. The van der Waals surface area contributed by atoms with E-state index < -0.39 is 0 Å². The van der Waals surface area contributed by atoms with Crippen molar-refractivity contribution in [2.75, 3.05) is 0 Å². The number of rotatable bonds is 7. The highest BCUT2D eigenvalue weighted by atomic mass is 16.1. The third kappa shape index (κ3) is 7.35. The Labute approximate surface area is 95.0 Å². The summed E-state index contributed by atoms with van der Waals surface area (Å²) in [7, 11) is 0. The monoisotopic (exact) mass is 210 g/mol. The molecule has 0 atom stereocenters. The van der Waals surface area contributed by atoms with E-state index in [2.05, 4.69) is 40.7 Å². The highest BCUT2D eigenvalue weighted by Gasteiger charge is 2.11. The highest BCUT2D eigenvalue weighted by molar-refractivity contribution is 5.95. The van der Waals surface area contributed by atoms with Crippen LogP contribution in [0.4, 0.5) is 0 Å². The van der Waals surface area contributed by atoms with E-state index in [1.807, 2.05) is 0 Å². The predicted octanol–water partition coefficient (Wildman–Crippen LogP) is 4.37. The summed E-state index contributed by atoms with van der Waals surface area (Å²) in [6.07, 6.45) is 5.73. The molecule has 1 heteroatoms. The zero-order valence-electron chi connectivity index (χ0n) is 11.0. The lowest BCUT2D eigenvalue weighted by Gasteiger charge is -2.10. The SMILES string of the molecule is CCC=C(CC(C)C)C(=O)CCC(C)C. The normalized spacial score (nSPS) is 12.6. The maximum Gasteiger partial charge on any atom is 0.158 e. The molecule has 0 spiro atoms. The molecule has 0 aliphatic carbocycles. The van der Waals surface area contributed by atoms with E-state index in [9.17, 15) is 4.79 Å². The Bertz CT molecular complexity index is 211. The van der Waals surface area contributed by atoms with Crippen molar-refractivity contribution in [3.8, 4) is 0 Å². The summed E-state index contributed by atoms with van der Waals surface area (Å²) in [5.41, 5.74) is 1.05. The van der Waals surface area contributed by atoms with Gasteiger partial charge in [0, 0.05) is 6.42 Å². The molecule has 0 saturated carbocycles. The second kappa shape index (κ2) is 7.67. The smallest absolute Gasteiger partial charge is 0.158 e. The Morgan fingerprint density at radius 2 is 1.73 bits per heavy atom. The minimum absolute atomic E-state index is 0.360. The van der Waals surface area contributed by atoms with Crippen molar-refractivity contribution >= 4 is 5.78 Å². The van der Waals surface area contributed by atoms with Crippen LogP contribution in [0.15, 0.2) is 11.6 Å². The minimum atomic E-state index is 0.360. The lowest BCUT2D eigenvalue weighted by Crippen LogP contribution is -2.07. The molecule has 0 aliphatic rings. The second-order valence-corrected chi connectivity index (χ2v) is 5.09. The molecule has 0 aromatic carbocycles. The van der Waals surface area contributed by atoms with Crippen molar-refractivity contribution in [1.82, 2.24) is 0 Å². The molecule has 0 amide bonds. The van der Waals surface area contributed by atoms with Gasteiger partial charge in [-0.05, 0) is 36.7 Å². The van der Waals surface area contributed by atoms with Gasteiger partial charge in [-0.2, -0.15) is 0 Å². The Balaban J connectivity index is 4.24. The molecule has 0 aromatic heterocycles. The molecule has 0 heterocycles. The Hall–Kier alpha value is -0.590. The number of carbonyl (C=O) groups excluding carboxylic acids is 1. The van der Waals surface area contributed by atoms with Gasteiger partial charge in [0.25, 0.3) is 0 Å². The molecule has 0 saturated heterocycles. The number of hydrogen-bond acceptors (Lipinski definition) is 1. The molecular weight excluding hydrogens is 184 g/mol. The Kier molecular flexibility index (Phi) is 7.37. The Morgan fingerprint density at radius 1 is 1.13 bits per heavy atom. The summed E-state index contributed by atoms with van der Waals surface area (Å²) in [5.74, 6) is 1.56. The van der Waals surface area contributed by atoms with E-state index in [-0.39, 0.29) is 0 Å². The van der Waals surface area contributed by atoms with Crippen LogP contribution in [0.2, 0.25) is 0 Å². The third-order valence-electron chi connectivity index (χ3n) is 2.39. The van der Waals surface area contributed by atoms with Gasteiger partial charge in [0.05, 0.1) is 0 Å². The van der Waals surface area contributed by atoms with E-state index in [0.717, 1.165) is 31.3 Å². The molecule has 0 aliphatic heterocycles. The summed E-state index contributed by atoms with van der Waals surface area (Å²) < 4.78 is 0. The van der Waals surface area contributed by atoms with Gasteiger partial charge < -0.3 is 0 Å². The molecule has 0 fully saturated rings. The number of allylic oxidation sites excluding steroid dienone is 2. The topological polar surface area (TPSA) is 17.1 Å². The molecule has 15 heavy (non-hydrogen) atoms. The van der Waals surface area contributed by atoms with E-state index in [1.54, 1.807) is 0 Å². The number of ketones is 1. The summed E-state index contributed by atoms with van der Waals surface area (Å²) in [5, 5.41) is 0. The fourth-order valence-corrected chi connectivity index (χ4v) is 1.58. The van der Waals surface area contributed by atoms with Gasteiger partial charge in [0.1, 0.15) is 0 Å². The quantitative estimate of drug-likeness (QED) is 0.570. The summed E-state index contributed by atoms with van der Waals surface area (Å²) in [4.78, 5) is 11.9. The maximum atomic E-state index is 11.9. The van der Waals surface area contributed by atoms with Crippen LogP contribution in [0.1, 0.15) is 60.3 Å². The minimum Gasteiger partial charge on any atom is -0.295 e. The second-order valence-electron chi connectivity index (χ2n) is 5.09. The maximum absolute atomic E-state index is 11.9. The first-order valence-corrected chi connectivity index (χ1v) is 6.19. The molecule has 0 radical (unpaired) electrons. The van der Waals surface area contributed by atoms with Gasteiger partial charge in [-0.1, -0.05) is 40.7 Å². The van der Waals surface area contributed by atoms with Crippen LogP contribution >= 0.6 is 0 Å². The molecule has 1 nitrogen and oxygen atoms in total. The molecule has 0 aromatic rings. The van der Waals surface area contributed by atoms with Crippen LogP contribution in [0, 0.1) is 11.8 Å². The molecule has 0 N–H and O–H groups in total. The molecular formula is C14H26O. The average Bonchev–Trinajstić information content (AvgIpc) is 2.12. The van der Waals surface area contributed by atoms with Gasteiger partial charge in [0.15, 0.2) is 5.78 Å². The molecule has 0 rings (SSSR count). The van der Waals surface area contributed by atoms with Crippen molar-refractivity contribution < 1.29 is 4.79 Å². The van der Waals surface area contributed by atoms with Crippen LogP contribution < -0.4 is 0 Å². The number of Topliss-reactive ketones (excluding diaryl/α,β-unsaturated/α-hetero) is 1.